The summed E-state index contributed by atoms with van der Waals surface area (Å²) in [4.78, 5) is 0. The molecule has 0 aliphatic carbocycles. The molecular weight excluding hydrogens is 376 g/mol. The second kappa shape index (κ2) is 21.7. The molecule has 0 aliphatic rings. The van der Waals surface area contributed by atoms with Crippen molar-refractivity contribution in [2.24, 2.45) is 0 Å². The first-order chi connectivity index (χ1) is 13.7. The van der Waals surface area contributed by atoms with Crippen molar-refractivity contribution >= 4 is 8.80 Å². The zero-order valence-corrected chi connectivity index (χ0v) is 20.0. The Morgan fingerprint density at radius 3 is 1.75 bits per heavy atom. The van der Waals surface area contributed by atoms with Crippen molar-refractivity contribution < 1.29 is 27.5 Å². The monoisotopic (exact) mass is 422 g/mol. The molecule has 7 heteroatoms. The highest BCUT2D eigenvalue weighted by atomic mass is 28.4. The van der Waals surface area contributed by atoms with Crippen molar-refractivity contribution in [1.82, 2.24) is 0 Å². The predicted molar refractivity (Wildman–Crippen MR) is 116 cm³/mol. The molecule has 0 aromatic rings. The number of hydrogen-bond acceptors (Lipinski definition) is 6. The minimum atomic E-state index is -2.59. The van der Waals surface area contributed by atoms with E-state index in [1.54, 1.807) is 14.2 Å². The third-order valence-corrected chi connectivity index (χ3v) is 7.49. The van der Waals surface area contributed by atoms with Crippen LogP contribution in [0.2, 0.25) is 6.04 Å². The van der Waals surface area contributed by atoms with Crippen LogP contribution < -0.4 is 0 Å². The average Bonchev–Trinajstić information content (AvgIpc) is 2.72. The highest BCUT2D eigenvalue weighted by molar-refractivity contribution is 6.60. The van der Waals surface area contributed by atoms with Crippen molar-refractivity contribution in [3.63, 3.8) is 0 Å². The van der Waals surface area contributed by atoms with Crippen molar-refractivity contribution in [3.8, 4) is 0 Å². The van der Waals surface area contributed by atoms with Gasteiger partial charge in [-0.1, -0.05) is 58.3 Å². The van der Waals surface area contributed by atoms with E-state index in [4.69, 9.17) is 27.5 Å². The summed E-state index contributed by atoms with van der Waals surface area (Å²) >= 11 is 0. The lowest BCUT2D eigenvalue weighted by Crippen LogP contribution is -2.44. The third kappa shape index (κ3) is 16.9. The Hall–Kier alpha value is -0.0231. The van der Waals surface area contributed by atoms with Gasteiger partial charge in [-0.05, 0) is 19.8 Å². The van der Waals surface area contributed by atoms with Crippen molar-refractivity contribution in [1.29, 1.82) is 0 Å². The maximum absolute atomic E-state index is 5.87. The molecule has 0 atom stereocenters. The Labute approximate surface area is 174 Å². The van der Waals surface area contributed by atoms with E-state index in [0.717, 1.165) is 25.5 Å². The molecule has 0 unspecified atom stereocenters. The molecular formula is C21H46O6Si. The molecule has 0 aromatic heterocycles. The van der Waals surface area contributed by atoms with Gasteiger partial charge in [-0.2, -0.15) is 0 Å². The molecule has 0 radical (unpaired) electrons. The van der Waals surface area contributed by atoms with Crippen LogP contribution in [-0.4, -0.2) is 62.9 Å². The van der Waals surface area contributed by atoms with Crippen LogP contribution in [0.3, 0.4) is 0 Å². The first kappa shape index (κ1) is 28.0. The smallest absolute Gasteiger partial charge is 0.379 e. The van der Waals surface area contributed by atoms with Crippen LogP contribution in [0.5, 0.6) is 0 Å². The summed E-state index contributed by atoms with van der Waals surface area (Å²) in [6.45, 7) is 7.73. The molecule has 6 nitrogen and oxygen atoms in total. The Kier molecular flexibility index (Phi) is 21.7. The predicted octanol–water partition coefficient (Wildman–Crippen LogP) is 5.18. The van der Waals surface area contributed by atoms with Gasteiger partial charge in [0, 0.05) is 33.5 Å². The number of unbranched alkanes of at least 4 members (excludes halogenated alkanes) is 8. The summed E-state index contributed by atoms with van der Waals surface area (Å²) in [6, 6.07) is 0.847. The van der Waals surface area contributed by atoms with E-state index in [2.05, 4.69) is 6.92 Å². The molecule has 0 amide bonds. The van der Waals surface area contributed by atoms with E-state index in [-0.39, 0.29) is 6.79 Å². The Morgan fingerprint density at radius 2 is 1.14 bits per heavy atom. The fourth-order valence-corrected chi connectivity index (χ4v) is 4.85. The number of hydrogen-bond donors (Lipinski definition) is 0. The summed E-state index contributed by atoms with van der Waals surface area (Å²) < 4.78 is 33.3. The van der Waals surface area contributed by atoms with E-state index in [1.807, 2.05) is 6.92 Å². The molecule has 28 heavy (non-hydrogen) atoms. The number of rotatable bonds is 23. The highest BCUT2D eigenvalue weighted by Gasteiger charge is 2.38. The molecule has 0 spiro atoms. The van der Waals surface area contributed by atoms with E-state index in [9.17, 15) is 0 Å². The maximum atomic E-state index is 5.87. The lowest BCUT2D eigenvalue weighted by molar-refractivity contribution is -0.0397. The minimum Gasteiger partial charge on any atom is -0.379 e. The van der Waals surface area contributed by atoms with Crippen LogP contribution in [0.4, 0.5) is 0 Å². The second-order valence-electron chi connectivity index (χ2n) is 7.00. The first-order valence-electron chi connectivity index (χ1n) is 11.2. The van der Waals surface area contributed by atoms with Crippen LogP contribution in [0.15, 0.2) is 0 Å². The SMILES string of the molecule is CCCCCCCCCCC[Si](OC)(OC)OCOCCCOCCOCC. The van der Waals surface area contributed by atoms with Crippen molar-refractivity contribution in [2.75, 3.05) is 54.0 Å². The fourth-order valence-electron chi connectivity index (χ4n) is 2.95. The first-order valence-corrected chi connectivity index (χ1v) is 13.1. The lowest BCUT2D eigenvalue weighted by Gasteiger charge is -2.26. The quantitative estimate of drug-likeness (QED) is 0.128. The van der Waals surface area contributed by atoms with E-state index in [0.29, 0.717) is 26.4 Å². The molecule has 0 heterocycles. The van der Waals surface area contributed by atoms with Gasteiger partial charge in [0.1, 0.15) is 6.79 Å². The van der Waals surface area contributed by atoms with Crippen molar-refractivity contribution in [3.05, 3.63) is 0 Å². The van der Waals surface area contributed by atoms with Gasteiger partial charge in [0.25, 0.3) is 0 Å². The molecule has 0 N–H and O–H groups in total. The molecule has 0 aromatic carbocycles. The summed E-state index contributed by atoms with van der Waals surface area (Å²) in [5, 5.41) is 0. The van der Waals surface area contributed by atoms with E-state index < -0.39 is 8.80 Å². The molecule has 0 saturated heterocycles. The lowest BCUT2D eigenvalue weighted by atomic mass is 10.1. The summed E-state index contributed by atoms with van der Waals surface area (Å²) in [5.41, 5.74) is 0. The summed E-state index contributed by atoms with van der Waals surface area (Å²) in [5.74, 6) is 0. The van der Waals surface area contributed by atoms with E-state index in [1.165, 1.54) is 51.4 Å². The van der Waals surface area contributed by atoms with Gasteiger partial charge in [-0.15, -0.1) is 0 Å². The van der Waals surface area contributed by atoms with Gasteiger partial charge >= 0.3 is 8.80 Å². The Morgan fingerprint density at radius 1 is 0.571 bits per heavy atom. The van der Waals surface area contributed by atoms with Gasteiger partial charge in [0.2, 0.25) is 0 Å². The van der Waals surface area contributed by atoms with Gasteiger partial charge < -0.3 is 27.5 Å². The summed E-state index contributed by atoms with van der Waals surface area (Å²) in [6.07, 6.45) is 12.5. The standard InChI is InChI=1S/C21H46O6Si/c1-5-7-8-9-10-11-12-13-14-20-28(22-3,23-4)27-21-26-17-15-16-25-19-18-24-6-2/h5-21H2,1-4H3. The minimum absolute atomic E-state index is 0.213. The third-order valence-electron chi connectivity index (χ3n) is 4.72. The van der Waals surface area contributed by atoms with Crippen LogP contribution in [0.1, 0.15) is 78.1 Å². The molecule has 0 bridgehead atoms. The highest BCUT2D eigenvalue weighted by Crippen LogP contribution is 2.19. The second-order valence-corrected chi connectivity index (χ2v) is 9.97. The van der Waals surface area contributed by atoms with Gasteiger partial charge in [-0.25, -0.2) is 0 Å². The zero-order valence-electron chi connectivity index (χ0n) is 19.0. The fraction of sp³-hybridized carbons (Fsp3) is 1.00. The molecule has 170 valence electrons. The van der Waals surface area contributed by atoms with Gasteiger partial charge in [0.15, 0.2) is 0 Å². The average molecular weight is 423 g/mol. The summed E-state index contributed by atoms with van der Waals surface area (Å²) in [7, 11) is 0.760. The van der Waals surface area contributed by atoms with Gasteiger partial charge in [0.05, 0.1) is 19.8 Å². The molecule has 0 aliphatic heterocycles. The van der Waals surface area contributed by atoms with E-state index >= 15 is 0 Å². The normalized spacial score (nSPS) is 12.0. The van der Waals surface area contributed by atoms with Gasteiger partial charge in [-0.3, -0.25) is 0 Å². The number of ether oxygens (including phenoxy) is 3. The van der Waals surface area contributed by atoms with Crippen LogP contribution >= 0.6 is 0 Å². The maximum Gasteiger partial charge on any atom is 0.502 e. The topological polar surface area (TPSA) is 55.4 Å². The van der Waals surface area contributed by atoms with Crippen LogP contribution in [-0.2, 0) is 27.5 Å². The van der Waals surface area contributed by atoms with Crippen molar-refractivity contribution in [2.45, 2.75) is 84.1 Å². The molecule has 0 fully saturated rings. The van der Waals surface area contributed by atoms with Crippen LogP contribution in [0.25, 0.3) is 0 Å². The zero-order chi connectivity index (χ0) is 20.8. The van der Waals surface area contributed by atoms with Crippen LogP contribution in [0, 0.1) is 0 Å². The molecule has 0 rings (SSSR count). The Bertz CT molecular complexity index is 303. The largest absolute Gasteiger partial charge is 0.502 e. The molecule has 0 saturated carbocycles. The Balaban J connectivity index is 3.65.